The minimum absolute atomic E-state index is 0.0186. The summed E-state index contributed by atoms with van der Waals surface area (Å²) in [5.74, 6) is -4.25. The molecule has 1 atom stereocenters. The van der Waals surface area contributed by atoms with Gasteiger partial charge in [-0.1, -0.05) is 6.07 Å². The van der Waals surface area contributed by atoms with Crippen molar-refractivity contribution in [1.82, 2.24) is 15.3 Å². The second-order valence-electron chi connectivity index (χ2n) is 7.06. The van der Waals surface area contributed by atoms with Crippen molar-refractivity contribution in [3.05, 3.63) is 87.6 Å². The van der Waals surface area contributed by atoms with E-state index in [4.69, 9.17) is 4.74 Å². The van der Waals surface area contributed by atoms with Crippen LogP contribution in [0.1, 0.15) is 28.0 Å². The molecule has 0 saturated heterocycles. The summed E-state index contributed by atoms with van der Waals surface area (Å²) < 4.78 is 75.6. The number of amides is 1. The molecule has 0 aliphatic carbocycles. The number of aromatic nitrogens is 2. The maximum absolute atomic E-state index is 14.6. The predicted molar refractivity (Wildman–Crippen MR) is 103 cm³/mol. The topological polar surface area (TPSA) is 93.3 Å². The average Bonchev–Trinajstić information content (AvgIpc) is 2.75. The zero-order valence-corrected chi connectivity index (χ0v) is 16.5. The van der Waals surface area contributed by atoms with Crippen molar-refractivity contribution in [1.29, 1.82) is 0 Å². The molecule has 1 amide bonds. The molecule has 2 N–H and O–H groups in total. The first-order valence-electron chi connectivity index (χ1n) is 9.44. The molecular weight excluding hydrogens is 453 g/mol. The Balaban J connectivity index is 1.84. The minimum Gasteiger partial charge on any atom is -0.488 e. The first-order chi connectivity index (χ1) is 15.6. The maximum atomic E-state index is 14.6. The number of nitrogens with zero attached hydrogens (tertiary/aromatic N) is 1. The van der Waals surface area contributed by atoms with E-state index in [1.54, 1.807) is 0 Å². The lowest BCUT2D eigenvalue weighted by Crippen LogP contribution is -2.50. The lowest BCUT2D eigenvalue weighted by molar-refractivity contribution is -0.275. The molecule has 4 rings (SSSR count). The van der Waals surface area contributed by atoms with Crippen molar-refractivity contribution in [2.45, 2.75) is 18.3 Å². The van der Waals surface area contributed by atoms with E-state index in [0.29, 0.717) is 0 Å². The van der Waals surface area contributed by atoms with Crippen LogP contribution in [0.15, 0.2) is 53.6 Å². The van der Waals surface area contributed by atoms with E-state index in [9.17, 15) is 31.5 Å². The fourth-order valence-corrected chi connectivity index (χ4v) is 3.56. The Morgan fingerprint density at radius 3 is 2.61 bits per heavy atom. The van der Waals surface area contributed by atoms with Crippen LogP contribution in [0.5, 0.6) is 11.5 Å². The van der Waals surface area contributed by atoms with Crippen LogP contribution in [-0.2, 0) is 5.54 Å². The van der Waals surface area contributed by atoms with Crippen molar-refractivity contribution in [3.63, 3.8) is 0 Å². The number of ether oxygens (including phenoxy) is 2. The van der Waals surface area contributed by atoms with E-state index in [0.717, 1.165) is 42.7 Å². The lowest BCUT2D eigenvalue weighted by Gasteiger charge is -2.39. The number of H-pyrrole nitrogens is 1. The highest BCUT2D eigenvalue weighted by Gasteiger charge is 2.44. The molecule has 0 radical (unpaired) electrons. The molecule has 1 aliphatic rings. The third-order valence-electron chi connectivity index (χ3n) is 5.01. The Morgan fingerprint density at radius 1 is 1.15 bits per heavy atom. The van der Waals surface area contributed by atoms with Crippen LogP contribution >= 0.6 is 0 Å². The number of fused-ring (bicyclic) bond motifs is 1. The van der Waals surface area contributed by atoms with Crippen molar-refractivity contribution >= 4 is 5.91 Å². The number of alkyl halides is 3. The van der Waals surface area contributed by atoms with Crippen molar-refractivity contribution in [2.75, 3.05) is 6.61 Å². The molecule has 1 aromatic carbocycles. The molecule has 0 spiro atoms. The summed E-state index contributed by atoms with van der Waals surface area (Å²) in [5, 5.41) is 2.66. The average molecular weight is 467 g/mol. The first-order valence-corrected chi connectivity index (χ1v) is 9.44. The van der Waals surface area contributed by atoms with Crippen LogP contribution in [0, 0.1) is 11.6 Å². The number of carbonyl (C=O) groups is 1. The van der Waals surface area contributed by atoms with Crippen LogP contribution in [0.2, 0.25) is 0 Å². The molecule has 0 fully saturated rings. The van der Waals surface area contributed by atoms with Gasteiger partial charge in [0, 0.05) is 24.9 Å². The van der Waals surface area contributed by atoms with Gasteiger partial charge in [0.1, 0.15) is 11.2 Å². The van der Waals surface area contributed by atoms with Gasteiger partial charge in [-0.15, -0.1) is 13.2 Å². The van der Waals surface area contributed by atoms with E-state index in [1.807, 2.05) is 0 Å². The number of nitrogens with one attached hydrogen (secondary N) is 2. The predicted octanol–water partition coefficient (Wildman–Crippen LogP) is 3.40. The summed E-state index contributed by atoms with van der Waals surface area (Å²) in [6, 6.07) is 5.98. The van der Waals surface area contributed by atoms with Crippen LogP contribution in [0.25, 0.3) is 0 Å². The molecule has 2 aromatic heterocycles. The number of hydrogen-bond acceptors (Lipinski definition) is 5. The Kier molecular flexibility index (Phi) is 5.52. The highest BCUT2D eigenvalue weighted by molar-refractivity contribution is 5.94. The van der Waals surface area contributed by atoms with E-state index in [1.165, 1.54) is 6.07 Å². The van der Waals surface area contributed by atoms with Gasteiger partial charge in [0.05, 0.1) is 12.2 Å². The molecule has 3 heterocycles. The van der Waals surface area contributed by atoms with Gasteiger partial charge in [0.25, 0.3) is 5.91 Å². The number of hydrogen-bond donors (Lipinski definition) is 2. The Bertz CT molecular complexity index is 1260. The van der Waals surface area contributed by atoms with E-state index in [-0.39, 0.29) is 35.6 Å². The second kappa shape index (κ2) is 8.19. The van der Waals surface area contributed by atoms with Gasteiger partial charge in [-0.25, -0.2) is 8.78 Å². The zero-order chi connectivity index (χ0) is 23.8. The highest BCUT2D eigenvalue weighted by atomic mass is 19.4. The normalized spacial score (nSPS) is 17.6. The number of aromatic amines is 1. The summed E-state index contributed by atoms with van der Waals surface area (Å²) >= 11 is 0. The second-order valence-corrected chi connectivity index (χ2v) is 7.06. The largest absolute Gasteiger partial charge is 0.573 e. The van der Waals surface area contributed by atoms with Gasteiger partial charge >= 0.3 is 6.36 Å². The third-order valence-corrected chi connectivity index (χ3v) is 5.01. The zero-order valence-electron chi connectivity index (χ0n) is 16.5. The van der Waals surface area contributed by atoms with Gasteiger partial charge in [-0.05, 0) is 29.8 Å². The Hall–Kier alpha value is -3.96. The van der Waals surface area contributed by atoms with Gasteiger partial charge in [-0.3, -0.25) is 14.6 Å². The Labute approximate surface area is 182 Å². The molecule has 0 saturated carbocycles. The van der Waals surface area contributed by atoms with E-state index >= 15 is 0 Å². The standard InChI is InChI=1S/C21H14F5N3O4/c22-13-5-7-27-18-17(13)32-8-6-20(18,29-19(31)11-1-4-16(30)28-10-11)12-2-3-15(14(23)9-12)33-21(24,25)26/h1-5,7,9-10H,6,8H2,(H,28,30)(H,29,31)/t20-/m0/s1. The SMILES string of the molecule is O=C(N[C@]1(c2ccc(OC(F)(F)F)c(F)c2)CCOc2c(F)ccnc21)c1ccc(=O)[nH]c1. The number of carbonyl (C=O) groups excluding carboxylic acids is 1. The minimum atomic E-state index is -5.12. The summed E-state index contributed by atoms with van der Waals surface area (Å²) in [4.78, 5) is 30.7. The van der Waals surface area contributed by atoms with E-state index in [2.05, 4.69) is 20.0 Å². The van der Waals surface area contributed by atoms with Gasteiger partial charge < -0.3 is 19.8 Å². The summed E-state index contributed by atoms with van der Waals surface area (Å²) in [6.07, 6.45) is -2.91. The maximum Gasteiger partial charge on any atom is 0.573 e. The Morgan fingerprint density at radius 2 is 1.94 bits per heavy atom. The number of benzene rings is 1. The lowest BCUT2D eigenvalue weighted by atomic mass is 9.81. The number of rotatable bonds is 4. The highest BCUT2D eigenvalue weighted by Crippen LogP contribution is 2.43. The molecule has 12 heteroatoms. The third kappa shape index (κ3) is 4.36. The molecule has 7 nitrogen and oxygen atoms in total. The summed E-state index contributed by atoms with van der Waals surface area (Å²) in [6.45, 7) is -0.121. The van der Waals surface area contributed by atoms with Crippen LogP contribution in [-0.4, -0.2) is 28.8 Å². The molecule has 3 aromatic rings. The summed E-state index contributed by atoms with van der Waals surface area (Å²) in [7, 11) is 0. The number of halogens is 5. The van der Waals surface area contributed by atoms with Crippen molar-refractivity contribution in [2.24, 2.45) is 0 Å². The smallest absolute Gasteiger partial charge is 0.488 e. The van der Waals surface area contributed by atoms with E-state index < -0.39 is 40.8 Å². The molecule has 33 heavy (non-hydrogen) atoms. The molecule has 0 bridgehead atoms. The van der Waals surface area contributed by atoms with Gasteiger partial charge in [0.15, 0.2) is 23.1 Å². The van der Waals surface area contributed by atoms with Crippen LogP contribution in [0.3, 0.4) is 0 Å². The first kappa shape index (κ1) is 22.2. The molecule has 1 aliphatic heterocycles. The van der Waals surface area contributed by atoms with Crippen LogP contribution < -0.4 is 20.3 Å². The molecule has 0 unspecified atom stereocenters. The van der Waals surface area contributed by atoms with Crippen LogP contribution in [0.4, 0.5) is 22.0 Å². The number of pyridine rings is 2. The van der Waals surface area contributed by atoms with Crippen molar-refractivity contribution in [3.8, 4) is 11.5 Å². The van der Waals surface area contributed by atoms with Gasteiger partial charge in [-0.2, -0.15) is 0 Å². The fraction of sp³-hybridized carbons (Fsp3) is 0.190. The van der Waals surface area contributed by atoms with Gasteiger partial charge in [0.2, 0.25) is 5.56 Å². The summed E-state index contributed by atoms with van der Waals surface area (Å²) in [5.41, 5.74) is -2.22. The fourth-order valence-electron chi connectivity index (χ4n) is 3.56. The molecule has 172 valence electrons. The quantitative estimate of drug-likeness (QED) is 0.574. The van der Waals surface area contributed by atoms with Crippen molar-refractivity contribution < 1.29 is 36.2 Å². The molecular formula is C21H14F5N3O4. The monoisotopic (exact) mass is 467 g/mol.